The first-order valence-corrected chi connectivity index (χ1v) is 8.89. The smallest absolute Gasteiger partial charge is 0.317 e. The third-order valence-electron chi connectivity index (χ3n) is 4.20. The van der Waals surface area contributed by atoms with Crippen LogP contribution in [0.25, 0.3) is 0 Å². The molecule has 2 aromatic heterocycles. The van der Waals surface area contributed by atoms with E-state index in [2.05, 4.69) is 32.5 Å². The molecule has 0 aliphatic carbocycles. The predicted molar refractivity (Wildman–Crippen MR) is 110 cm³/mol. The van der Waals surface area contributed by atoms with Crippen molar-refractivity contribution in [1.29, 1.82) is 5.41 Å². The largest absolute Gasteiger partial charge is 0.380 e. The Morgan fingerprint density at radius 1 is 1.43 bits per heavy atom. The minimum atomic E-state index is -0.695. The Labute approximate surface area is 164 Å². The van der Waals surface area contributed by atoms with E-state index in [1.807, 2.05) is 19.1 Å². The van der Waals surface area contributed by atoms with Crippen LogP contribution in [0.4, 0.5) is 22.0 Å². The summed E-state index contributed by atoms with van der Waals surface area (Å²) in [5.74, 6) is 0.299. The van der Waals surface area contributed by atoms with Crippen LogP contribution in [0, 0.1) is 12.3 Å². The number of hydrogen-bond acceptors (Lipinski definition) is 7. The second kappa shape index (κ2) is 10.3. The average Bonchev–Trinajstić information content (AvgIpc) is 3.08. The zero-order valence-corrected chi connectivity index (χ0v) is 16.4. The van der Waals surface area contributed by atoms with Crippen LogP contribution < -0.4 is 16.4 Å². The number of nitrogens with two attached hydrogens (primary N) is 1. The van der Waals surface area contributed by atoms with E-state index in [9.17, 15) is 4.79 Å². The molecule has 1 unspecified atom stereocenters. The second-order valence-electron chi connectivity index (χ2n) is 6.51. The van der Waals surface area contributed by atoms with Gasteiger partial charge in [0.25, 0.3) is 0 Å². The van der Waals surface area contributed by atoms with Crippen LogP contribution in [0.2, 0.25) is 0 Å². The molecule has 1 aliphatic rings. The molecule has 1 fully saturated rings. The Morgan fingerprint density at radius 3 is 2.75 bits per heavy atom. The Bertz CT molecular complexity index is 813. The van der Waals surface area contributed by atoms with Crippen LogP contribution in [0.15, 0.2) is 30.6 Å². The van der Waals surface area contributed by atoms with Gasteiger partial charge in [-0.25, -0.2) is 9.78 Å². The molecule has 1 atom stereocenters. The fourth-order valence-corrected chi connectivity index (χ4v) is 2.76. The fraction of sp³-hybridized carbons (Fsp3) is 0.368. The molecule has 5 N–H and O–H groups in total. The van der Waals surface area contributed by atoms with Crippen LogP contribution in [0.5, 0.6) is 0 Å². The molecule has 2 amide bonds. The minimum absolute atomic E-state index is 0.299. The number of aromatic nitrogens is 2. The Kier molecular flexibility index (Phi) is 7.85. The number of methoxy groups -OCH3 is 1. The first-order valence-electron chi connectivity index (χ1n) is 8.89. The highest BCUT2D eigenvalue weighted by molar-refractivity contribution is 5.91. The molecule has 0 spiro atoms. The summed E-state index contributed by atoms with van der Waals surface area (Å²) in [5.41, 5.74) is 7.99. The number of pyridine rings is 2. The van der Waals surface area contributed by atoms with Crippen molar-refractivity contribution in [2.45, 2.75) is 19.4 Å². The molecule has 9 heteroatoms. The topological polar surface area (TPSA) is 129 Å². The molecule has 0 bridgehead atoms. The van der Waals surface area contributed by atoms with Gasteiger partial charge in [0.15, 0.2) is 0 Å². The number of nitrogens with zero attached hydrogens (tertiary/aromatic N) is 3. The highest BCUT2D eigenvalue weighted by Gasteiger charge is 2.17. The number of primary amides is 1. The van der Waals surface area contributed by atoms with Crippen molar-refractivity contribution in [2.75, 3.05) is 37.9 Å². The Morgan fingerprint density at radius 2 is 2.21 bits per heavy atom. The third kappa shape index (κ3) is 6.60. The lowest BCUT2D eigenvalue weighted by atomic mass is 10.2. The van der Waals surface area contributed by atoms with Crippen LogP contribution in [0.3, 0.4) is 0 Å². The van der Waals surface area contributed by atoms with Crippen LogP contribution in [-0.2, 0) is 4.74 Å². The summed E-state index contributed by atoms with van der Waals surface area (Å²) >= 11 is 0. The SMILES string of the molecule is COC1CCN(C)C1.Cc1cc(Nc2cnc(NC(N)=O)cc2C=N)ccn1. The van der Waals surface area contributed by atoms with Gasteiger partial charge in [0.2, 0.25) is 0 Å². The average molecular weight is 385 g/mol. The van der Waals surface area contributed by atoms with Gasteiger partial charge >= 0.3 is 6.03 Å². The van der Waals surface area contributed by atoms with Gasteiger partial charge < -0.3 is 26.1 Å². The fourth-order valence-electron chi connectivity index (χ4n) is 2.76. The predicted octanol–water partition coefficient (Wildman–Crippen LogP) is 2.35. The number of amides is 2. The Hall–Kier alpha value is -3.04. The van der Waals surface area contributed by atoms with Gasteiger partial charge in [-0.3, -0.25) is 10.3 Å². The molecular weight excluding hydrogens is 358 g/mol. The molecule has 1 aliphatic heterocycles. The van der Waals surface area contributed by atoms with E-state index in [4.69, 9.17) is 15.9 Å². The third-order valence-corrected chi connectivity index (χ3v) is 4.20. The van der Waals surface area contributed by atoms with Gasteiger partial charge in [-0.15, -0.1) is 0 Å². The first kappa shape index (κ1) is 21.3. The first-order chi connectivity index (χ1) is 13.4. The molecule has 0 saturated carbocycles. The summed E-state index contributed by atoms with van der Waals surface area (Å²) in [6, 6.07) is 4.56. The number of urea groups is 1. The molecule has 0 radical (unpaired) electrons. The number of ether oxygens (including phenoxy) is 1. The van der Waals surface area contributed by atoms with E-state index in [1.54, 1.807) is 19.4 Å². The molecule has 1 saturated heterocycles. The molecule has 3 heterocycles. The van der Waals surface area contributed by atoms with Crippen LogP contribution >= 0.6 is 0 Å². The highest BCUT2D eigenvalue weighted by Crippen LogP contribution is 2.21. The van der Waals surface area contributed by atoms with Crippen molar-refractivity contribution in [3.63, 3.8) is 0 Å². The van der Waals surface area contributed by atoms with Gasteiger partial charge in [-0.2, -0.15) is 0 Å². The molecule has 150 valence electrons. The summed E-state index contributed by atoms with van der Waals surface area (Å²) in [4.78, 5) is 21.2. The number of aryl methyl sites for hydroxylation is 1. The zero-order chi connectivity index (χ0) is 20.5. The Balaban J connectivity index is 0.000000292. The van der Waals surface area contributed by atoms with Gasteiger partial charge in [-0.05, 0) is 38.6 Å². The number of rotatable bonds is 5. The van der Waals surface area contributed by atoms with Gasteiger partial charge in [0.05, 0.1) is 18.0 Å². The van der Waals surface area contributed by atoms with E-state index in [1.165, 1.54) is 25.4 Å². The standard InChI is InChI=1S/C13H14N6O.C6H13NO/c1-8-4-10(2-3-16-8)18-11-7-17-12(19-13(15)20)5-9(11)6-14;1-7-4-3-6(5-7)8-2/h2-7,14H,1H3,(H,16,18)(H3,15,17,19,20);6H,3-5H2,1-2H3. The maximum absolute atomic E-state index is 10.8. The quantitative estimate of drug-likeness (QED) is 0.585. The van der Waals surface area contributed by atoms with Gasteiger partial charge in [0, 0.05) is 49.6 Å². The summed E-state index contributed by atoms with van der Waals surface area (Å²) in [6.07, 6.45) is 6.09. The molecule has 28 heavy (non-hydrogen) atoms. The lowest BCUT2D eigenvalue weighted by Gasteiger charge is -2.10. The number of carbonyl (C=O) groups excluding carboxylic acids is 1. The van der Waals surface area contributed by atoms with E-state index < -0.39 is 6.03 Å². The van der Waals surface area contributed by atoms with Crippen LogP contribution in [0.1, 0.15) is 17.7 Å². The number of hydrogen-bond donors (Lipinski definition) is 4. The van der Waals surface area contributed by atoms with Gasteiger partial charge in [0.1, 0.15) is 5.82 Å². The summed E-state index contributed by atoms with van der Waals surface area (Å²) in [7, 11) is 3.91. The molecule has 9 nitrogen and oxygen atoms in total. The molecule has 2 aromatic rings. The van der Waals surface area contributed by atoms with Crippen molar-refractivity contribution in [3.05, 3.63) is 41.9 Å². The highest BCUT2D eigenvalue weighted by atomic mass is 16.5. The van der Waals surface area contributed by atoms with Crippen molar-refractivity contribution >= 4 is 29.4 Å². The lowest BCUT2D eigenvalue weighted by molar-refractivity contribution is 0.111. The van der Waals surface area contributed by atoms with Crippen molar-refractivity contribution in [1.82, 2.24) is 14.9 Å². The maximum atomic E-state index is 10.8. The van der Waals surface area contributed by atoms with E-state index >= 15 is 0 Å². The monoisotopic (exact) mass is 385 g/mol. The zero-order valence-electron chi connectivity index (χ0n) is 16.4. The van der Waals surface area contributed by atoms with Gasteiger partial charge in [-0.1, -0.05) is 0 Å². The van der Waals surface area contributed by atoms with Crippen molar-refractivity contribution in [2.24, 2.45) is 5.73 Å². The number of likely N-dealkylation sites (N-methyl/N-ethyl adjacent to an activating group) is 1. The lowest BCUT2D eigenvalue weighted by Crippen LogP contribution is -2.20. The number of nitrogens with one attached hydrogen (secondary N) is 3. The molecular formula is C19H27N7O2. The molecule has 3 rings (SSSR count). The normalized spacial score (nSPS) is 16.0. The van der Waals surface area contributed by atoms with Crippen LogP contribution in [-0.4, -0.2) is 60.5 Å². The van der Waals surface area contributed by atoms with E-state index in [0.717, 1.165) is 17.9 Å². The van der Waals surface area contributed by atoms with E-state index in [0.29, 0.717) is 23.2 Å². The summed E-state index contributed by atoms with van der Waals surface area (Å²) in [5, 5.41) is 12.9. The maximum Gasteiger partial charge on any atom is 0.317 e. The summed E-state index contributed by atoms with van der Waals surface area (Å²) in [6.45, 7) is 4.19. The number of carbonyl (C=O) groups is 1. The molecule has 0 aromatic carbocycles. The number of anilines is 3. The van der Waals surface area contributed by atoms with Crippen molar-refractivity contribution in [3.8, 4) is 0 Å². The van der Waals surface area contributed by atoms with E-state index in [-0.39, 0.29) is 0 Å². The minimum Gasteiger partial charge on any atom is -0.380 e. The second-order valence-corrected chi connectivity index (χ2v) is 6.51. The summed E-state index contributed by atoms with van der Waals surface area (Å²) < 4.78 is 5.14. The number of likely N-dealkylation sites (tertiary alicyclic amines) is 1. The van der Waals surface area contributed by atoms with Crippen molar-refractivity contribution < 1.29 is 9.53 Å².